The van der Waals surface area contributed by atoms with Crippen LogP contribution in [0.4, 0.5) is 0 Å². The summed E-state index contributed by atoms with van der Waals surface area (Å²) in [6, 6.07) is -0.787. The van der Waals surface area contributed by atoms with Gasteiger partial charge in [-0.1, -0.05) is 13.8 Å². The molecule has 4 N–H and O–H groups in total. The van der Waals surface area contributed by atoms with E-state index in [0.717, 1.165) is 0 Å². The highest BCUT2D eigenvalue weighted by Crippen LogP contribution is 2.12. The molecule has 0 aliphatic rings. The van der Waals surface area contributed by atoms with Gasteiger partial charge in [-0.15, -0.1) is 0 Å². The highest BCUT2D eigenvalue weighted by atomic mass is 16.5. The fraction of sp³-hybridized carbons (Fsp3) is 0.727. The summed E-state index contributed by atoms with van der Waals surface area (Å²) >= 11 is 0. The molecular weight excluding hydrogens is 238 g/mol. The van der Waals surface area contributed by atoms with Gasteiger partial charge >= 0.3 is 0 Å². The fourth-order valence-corrected chi connectivity index (χ4v) is 1.44. The number of amides is 3. The summed E-state index contributed by atoms with van der Waals surface area (Å²) in [6.45, 7) is 5.11. The van der Waals surface area contributed by atoms with E-state index in [1.165, 1.54) is 6.92 Å². The quantitative estimate of drug-likeness (QED) is 0.324. The van der Waals surface area contributed by atoms with Crippen LogP contribution in [-0.2, 0) is 14.4 Å². The minimum Gasteiger partial charge on any atom is -0.320 e. The Morgan fingerprint density at radius 2 is 1.89 bits per heavy atom. The normalized spacial score (nSPS) is 13.9. The van der Waals surface area contributed by atoms with Crippen LogP contribution in [0.2, 0.25) is 0 Å². The molecule has 0 saturated heterocycles. The lowest BCUT2D eigenvalue weighted by atomic mass is 9.96. The van der Waals surface area contributed by atoms with Crippen LogP contribution in [-0.4, -0.2) is 41.1 Å². The molecule has 0 aliphatic heterocycles. The largest absolute Gasteiger partial charge is 0.320 e. The molecule has 18 heavy (non-hydrogen) atoms. The van der Waals surface area contributed by atoms with Gasteiger partial charge in [0, 0.05) is 0 Å². The van der Waals surface area contributed by atoms with Crippen LogP contribution >= 0.6 is 0 Å². The van der Waals surface area contributed by atoms with E-state index >= 15 is 0 Å². The maximum absolute atomic E-state index is 11.8. The molecule has 0 saturated carbocycles. The van der Waals surface area contributed by atoms with Crippen LogP contribution in [0.3, 0.4) is 0 Å². The average molecular weight is 259 g/mol. The topological polar surface area (TPSA) is 113 Å². The van der Waals surface area contributed by atoms with Gasteiger partial charge in [-0.3, -0.25) is 24.9 Å². The molecule has 0 spiro atoms. The van der Waals surface area contributed by atoms with Gasteiger partial charge < -0.3 is 5.73 Å². The molecule has 0 fully saturated rings. The zero-order chi connectivity index (χ0) is 14.3. The van der Waals surface area contributed by atoms with Crippen molar-refractivity contribution in [1.82, 2.24) is 10.4 Å². The van der Waals surface area contributed by atoms with Crippen LogP contribution in [0.5, 0.6) is 0 Å². The molecule has 7 heteroatoms. The third-order valence-electron chi connectivity index (χ3n) is 2.32. The molecule has 7 nitrogen and oxygen atoms in total. The molecule has 104 valence electrons. The van der Waals surface area contributed by atoms with Crippen LogP contribution in [0.1, 0.15) is 27.2 Å². The Morgan fingerprint density at radius 3 is 2.28 bits per heavy atom. The van der Waals surface area contributed by atoms with Gasteiger partial charge in [0.2, 0.25) is 18.2 Å². The lowest BCUT2D eigenvalue weighted by Crippen LogP contribution is -2.46. The average Bonchev–Trinajstić information content (AvgIpc) is 2.26. The zero-order valence-electron chi connectivity index (χ0n) is 10.9. The number of carbonyl (C=O) groups excluding carboxylic acids is 3. The molecule has 0 bridgehead atoms. The monoisotopic (exact) mass is 259 g/mol. The van der Waals surface area contributed by atoms with E-state index in [4.69, 9.17) is 10.9 Å². The van der Waals surface area contributed by atoms with Gasteiger partial charge in [0.15, 0.2) is 0 Å². The predicted octanol–water partition coefficient (Wildman–Crippen LogP) is -0.514. The van der Waals surface area contributed by atoms with E-state index in [9.17, 15) is 14.4 Å². The SMILES string of the molecule is CC(C)C[C@H](CN(O)C=O)C(=O)NC(=O)[C@H](C)N. The van der Waals surface area contributed by atoms with Crippen molar-refractivity contribution in [3.8, 4) is 0 Å². The van der Waals surface area contributed by atoms with Crippen molar-refractivity contribution < 1.29 is 19.6 Å². The Morgan fingerprint density at radius 1 is 1.33 bits per heavy atom. The van der Waals surface area contributed by atoms with Crippen molar-refractivity contribution in [2.24, 2.45) is 17.6 Å². The fourth-order valence-electron chi connectivity index (χ4n) is 1.44. The first-order valence-corrected chi connectivity index (χ1v) is 5.79. The van der Waals surface area contributed by atoms with Crippen LogP contribution in [0.25, 0.3) is 0 Å². The number of hydroxylamine groups is 2. The smallest absolute Gasteiger partial charge is 0.243 e. The maximum Gasteiger partial charge on any atom is 0.243 e. The minimum atomic E-state index is -0.787. The molecule has 0 unspecified atom stereocenters. The number of rotatable bonds is 7. The van der Waals surface area contributed by atoms with Gasteiger partial charge in [-0.2, -0.15) is 0 Å². The van der Waals surface area contributed by atoms with Crippen LogP contribution in [0, 0.1) is 11.8 Å². The highest BCUT2D eigenvalue weighted by Gasteiger charge is 2.24. The van der Waals surface area contributed by atoms with Gasteiger partial charge in [-0.25, -0.2) is 5.06 Å². The molecule has 2 atom stereocenters. The van der Waals surface area contributed by atoms with E-state index < -0.39 is 23.8 Å². The summed E-state index contributed by atoms with van der Waals surface area (Å²) in [6.07, 6.45) is 0.664. The third-order valence-corrected chi connectivity index (χ3v) is 2.32. The van der Waals surface area contributed by atoms with Gasteiger partial charge in [-0.05, 0) is 19.3 Å². The molecule has 0 aromatic carbocycles. The number of hydrogen-bond acceptors (Lipinski definition) is 5. The maximum atomic E-state index is 11.8. The number of nitrogens with one attached hydrogen (secondary N) is 1. The Labute approximate surface area is 106 Å². The third kappa shape index (κ3) is 6.31. The Bertz CT molecular complexity index is 305. The van der Waals surface area contributed by atoms with Gasteiger partial charge in [0.25, 0.3) is 0 Å². The zero-order valence-corrected chi connectivity index (χ0v) is 10.9. The highest BCUT2D eigenvalue weighted by molar-refractivity contribution is 5.98. The lowest BCUT2D eigenvalue weighted by molar-refractivity contribution is -0.155. The molecule has 3 amide bonds. The minimum absolute atomic E-state index is 0.153. The number of imide groups is 1. The van der Waals surface area contributed by atoms with Gasteiger partial charge in [0.1, 0.15) is 0 Å². The van der Waals surface area contributed by atoms with Crippen molar-refractivity contribution >= 4 is 18.2 Å². The van der Waals surface area contributed by atoms with E-state index in [-0.39, 0.29) is 18.9 Å². The summed E-state index contributed by atoms with van der Waals surface area (Å²) in [7, 11) is 0. The van der Waals surface area contributed by atoms with E-state index in [2.05, 4.69) is 5.32 Å². The Balaban J connectivity index is 4.58. The molecule has 0 radical (unpaired) electrons. The molecule has 0 aromatic heterocycles. The molecular formula is C11H21N3O4. The molecule has 0 heterocycles. The van der Waals surface area contributed by atoms with Crippen molar-refractivity contribution in [3.05, 3.63) is 0 Å². The van der Waals surface area contributed by atoms with Crippen LogP contribution < -0.4 is 11.1 Å². The van der Waals surface area contributed by atoms with Crippen molar-refractivity contribution in [1.29, 1.82) is 0 Å². The predicted molar refractivity (Wildman–Crippen MR) is 64.3 cm³/mol. The first kappa shape index (κ1) is 16.5. The van der Waals surface area contributed by atoms with Crippen LogP contribution in [0.15, 0.2) is 0 Å². The summed E-state index contributed by atoms with van der Waals surface area (Å²) in [4.78, 5) is 33.4. The molecule has 0 aliphatic carbocycles. The second kappa shape index (κ2) is 7.78. The summed E-state index contributed by atoms with van der Waals surface area (Å²) < 4.78 is 0. The number of nitrogens with zero attached hydrogens (tertiary/aromatic N) is 1. The first-order chi connectivity index (χ1) is 8.27. The van der Waals surface area contributed by atoms with Crippen molar-refractivity contribution in [3.63, 3.8) is 0 Å². The van der Waals surface area contributed by atoms with Gasteiger partial charge in [0.05, 0.1) is 18.5 Å². The Kier molecular flexibility index (Phi) is 7.14. The van der Waals surface area contributed by atoms with E-state index in [1.807, 2.05) is 13.8 Å². The number of carbonyl (C=O) groups is 3. The summed E-state index contributed by atoms with van der Waals surface area (Å²) in [5.74, 6) is -1.58. The van der Waals surface area contributed by atoms with E-state index in [1.54, 1.807) is 0 Å². The van der Waals surface area contributed by atoms with Crippen molar-refractivity contribution in [2.45, 2.75) is 33.2 Å². The lowest BCUT2D eigenvalue weighted by Gasteiger charge is -2.21. The number of nitrogens with two attached hydrogens (primary N) is 1. The second-order valence-electron chi connectivity index (χ2n) is 4.70. The molecule has 0 aromatic rings. The summed E-state index contributed by atoms with van der Waals surface area (Å²) in [5.41, 5.74) is 5.33. The van der Waals surface area contributed by atoms with Crippen molar-refractivity contribution in [2.75, 3.05) is 6.54 Å². The molecule has 0 rings (SSSR count). The summed E-state index contributed by atoms with van der Waals surface area (Å²) in [5, 5.41) is 11.7. The second-order valence-corrected chi connectivity index (χ2v) is 4.70. The standard InChI is InChI=1S/C11H21N3O4/c1-7(2)4-9(5-14(18)6-15)11(17)13-10(16)8(3)12/h6-9,18H,4-5,12H2,1-3H3,(H,13,16,17)/t8-,9+/m0/s1. The Hall–Kier alpha value is -1.47. The first-order valence-electron chi connectivity index (χ1n) is 5.79. The van der Waals surface area contributed by atoms with E-state index in [0.29, 0.717) is 11.5 Å². The number of hydrogen-bond donors (Lipinski definition) is 3.